The van der Waals surface area contributed by atoms with Gasteiger partial charge in [-0.1, -0.05) is 41.0 Å². The molecule has 2 aromatic rings. The van der Waals surface area contributed by atoms with E-state index in [9.17, 15) is 14.7 Å². The van der Waals surface area contributed by atoms with Gasteiger partial charge in [0.15, 0.2) is 0 Å². The average molecular weight is 573 g/mol. The van der Waals surface area contributed by atoms with Crippen LogP contribution in [0.3, 0.4) is 0 Å². The Bertz CT molecular complexity index is 1110. The fraction of sp³-hybridized carbons (Fsp3) is 0.481. The molecule has 1 atom stereocenters. The summed E-state index contributed by atoms with van der Waals surface area (Å²) in [5.41, 5.74) is -1.35. The first kappa shape index (κ1) is 31.1. The first-order valence-electron chi connectivity index (χ1n) is 11.8. The zero-order chi connectivity index (χ0) is 28.0. The Morgan fingerprint density at radius 1 is 0.946 bits per heavy atom. The number of aryl methyl sites for hydroxylation is 1. The number of amides is 1. The van der Waals surface area contributed by atoms with Gasteiger partial charge >= 0.3 is 12.2 Å². The van der Waals surface area contributed by atoms with Crippen molar-refractivity contribution < 1.29 is 28.9 Å². The van der Waals surface area contributed by atoms with Crippen LogP contribution >= 0.6 is 35.0 Å². The number of alkyl carbamates (subject to hydrolysis) is 1. The molecule has 0 saturated heterocycles. The summed E-state index contributed by atoms with van der Waals surface area (Å²) in [7, 11) is 0. The highest BCUT2D eigenvalue weighted by molar-refractivity contribution is 7.99. The Balaban J connectivity index is 2.11. The van der Waals surface area contributed by atoms with Gasteiger partial charge in [-0.2, -0.15) is 0 Å². The molecule has 7 nitrogen and oxygen atoms in total. The lowest BCUT2D eigenvalue weighted by Gasteiger charge is -2.30. The van der Waals surface area contributed by atoms with Crippen molar-refractivity contribution in [2.45, 2.75) is 87.8 Å². The second-order valence-electron chi connectivity index (χ2n) is 10.9. The smallest absolute Gasteiger partial charge is 0.444 e. The largest absolute Gasteiger partial charge is 0.514 e. The van der Waals surface area contributed by atoms with Crippen molar-refractivity contribution in [3.05, 3.63) is 52.0 Å². The molecule has 2 aromatic carbocycles. The zero-order valence-electron chi connectivity index (χ0n) is 22.2. The number of ether oxygens (including phenoxy) is 3. The summed E-state index contributed by atoms with van der Waals surface area (Å²) in [6.45, 7) is 12.1. The van der Waals surface area contributed by atoms with Crippen LogP contribution in [-0.4, -0.2) is 40.7 Å². The lowest BCUT2D eigenvalue weighted by atomic mass is 9.94. The van der Waals surface area contributed by atoms with Gasteiger partial charge in [0.25, 0.3) is 0 Å². The molecule has 0 aliphatic carbocycles. The summed E-state index contributed by atoms with van der Waals surface area (Å²) < 4.78 is 16.0. The third-order valence-corrected chi connectivity index (χ3v) is 6.45. The van der Waals surface area contributed by atoms with Crippen molar-refractivity contribution in [1.82, 2.24) is 5.32 Å². The maximum atomic E-state index is 12.2. The summed E-state index contributed by atoms with van der Waals surface area (Å²) in [4.78, 5) is 25.8. The van der Waals surface area contributed by atoms with E-state index in [1.54, 1.807) is 72.7 Å². The molecule has 37 heavy (non-hydrogen) atoms. The molecule has 1 amide bonds. The molecule has 10 heteroatoms. The Morgan fingerprint density at radius 2 is 1.59 bits per heavy atom. The highest BCUT2D eigenvalue weighted by Gasteiger charge is 2.28. The van der Waals surface area contributed by atoms with Crippen LogP contribution in [0.15, 0.2) is 46.2 Å². The fourth-order valence-electron chi connectivity index (χ4n) is 3.07. The molecule has 0 heterocycles. The van der Waals surface area contributed by atoms with E-state index in [-0.39, 0.29) is 6.61 Å². The number of rotatable bonds is 8. The summed E-state index contributed by atoms with van der Waals surface area (Å²) in [6, 6.07) is 10.5. The molecule has 0 saturated carbocycles. The summed E-state index contributed by atoms with van der Waals surface area (Å²) >= 11 is 14.1. The molecule has 0 spiro atoms. The molecule has 2 N–H and O–H groups in total. The van der Waals surface area contributed by atoms with Crippen LogP contribution in [-0.2, 0) is 15.9 Å². The van der Waals surface area contributed by atoms with E-state index >= 15 is 0 Å². The minimum Gasteiger partial charge on any atom is -0.444 e. The van der Waals surface area contributed by atoms with Crippen LogP contribution in [0.5, 0.6) is 5.75 Å². The van der Waals surface area contributed by atoms with Crippen molar-refractivity contribution in [3.63, 3.8) is 0 Å². The predicted molar refractivity (Wildman–Crippen MR) is 147 cm³/mol. The number of nitrogens with one attached hydrogen (secondary N) is 1. The standard InChI is InChI=1S/C27H35Cl2NO6S/c1-25(2,3)35-23(32)30-27(7,16-31)13-12-17-8-10-19(15-20(17)29)37-22-14-18(28)9-11-21(22)34-24(33)36-26(4,5)6/h8-11,14-15,31H,12-13,16H2,1-7H3,(H,30,32). The van der Waals surface area contributed by atoms with Gasteiger partial charge in [0, 0.05) is 14.9 Å². The molecule has 0 aliphatic heterocycles. The Hall–Kier alpha value is -2.13. The zero-order valence-corrected chi connectivity index (χ0v) is 24.6. The molecule has 0 fully saturated rings. The molecule has 204 valence electrons. The maximum absolute atomic E-state index is 12.2. The Kier molecular flexibility index (Phi) is 10.6. The van der Waals surface area contributed by atoms with Gasteiger partial charge in [0.2, 0.25) is 0 Å². The second kappa shape index (κ2) is 12.6. The Morgan fingerprint density at radius 3 is 2.16 bits per heavy atom. The van der Waals surface area contributed by atoms with Crippen LogP contribution in [0, 0.1) is 0 Å². The van der Waals surface area contributed by atoms with Crippen molar-refractivity contribution in [3.8, 4) is 5.75 Å². The van der Waals surface area contributed by atoms with Crippen LogP contribution < -0.4 is 10.1 Å². The number of carbonyl (C=O) groups is 2. The molecule has 1 unspecified atom stereocenters. The molecule has 0 bridgehead atoms. The molecular formula is C27H35Cl2NO6S. The quantitative estimate of drug-likeness (QED) is 0.248. The number of benzene rings is 2. The van der Waals surface area contributed by atoms with Crippen LogP contribution in [0.1, 0.15) is 60.5 Å². The molecule has 0 aliphatic rings. The third-order valence-electron chi connectivity index (χ3n) is 4.84. The van der Waals surface area contributed by atoms with Gasteiger partial charge < -0.3 is 24.6 Å². The number of aliphatic hydroxyl groups excluding tert-OH is 1. The van der Waals surface area contributed by atoms with E-state index in [0.717, 1.165) is 10.5 Å². The predicted octanol–water partition coefficient (Wildman–Crippen LogP) is 7.67. The van der Waals surface area contributed by atoms with E-state index < -0.39 is 29.0 Å². The lowest BCUT2D eigenvalue weighted by molar-refractivity contribution is 0.0200. The first-order valence-corrected chi connectivity index (χ1v) is 13.3. The number of halogens is 2. The number of hydrogen-bond acceptors (Lipinski definition) is 7. The maximum Gasteiger partial charge on any atom is 0.514 e. The molecule has 0 radical (unpaired) electrons. The van der Waals surface area contributed by atoms with Gasteiger partial charge in [-0.25, -0.2) is 9.59 Å². The van der Waals surface area contributed by atoms with E-state index in [1.807, 2.05) is 12.1 Å². The number of carbonyl (C=O) groups excluding carboxylic acids is 2. The SMILES string of the molecule is CC(CO)(CCc1ccc(Sc2cc(Cl)ccc2OC(=O)OC(C)(C)C)cc1Cl)NC(=O)OC(C)(C)C. The lowest BCUT2D eigenvalue weighted by Crippen LogP contribution is -2.50. The van der Waals surface area contributed by atoms with Crippen molar-refractivity contribution in [1.29, 1.82) is 0 Å². The van der Waals surface area contributed by atoms with Gasteiger partial charge in [0.1, 0.15) is 17.0 Å². The van der Waals surface area contributed by atoms with Gasteiger partial charge in [-0.05, 0) is 97.2 Å². The monoisotopic (exact) mass is 571 g/mol. The summed E-state index contributed by atoms with van der Waals surface area (Å²) in [5.74, 6) is 0.316. The van der Waals surface area contributed by atoms with Crippen molar-refractivity contribution >= 4 is 47.2 Å². The van der Waals surface area contributed by atoms with E-state index in [1.165, 1.54) is 11.8 Å². The van der Waals surface area contributed by atoms with Gasteiger partial charge in [0.05, 0.1) is 17.0 Å². The van der Waals surface area contributed by atoms with Crippen LogP contribution in [0.25, 0.3) is 0 Å². The van der Waals surface area contributed by atoms with E-state index in [2.05, 4.69) is 5.32 Å². The Labute approximate surface area is 233 Å². The van der Waals surface area contributed by atoms with Gasteiger partial charge in [-0.3, -0.25) is 0 Å². The minimum absolute atomic E-state index is 0.257. The van der Waals surface area contributed by atoms with Crippen molar-refractivity contribution in [2.75, 3.05) is 6.61 Å². The highest BCUT2D eigenvalue weighted by atomic mass is 35.5. The first-order chi connectivity index (χ1) is 17.0. The average Bonchev–Trinajstić information content (AvgIpc) is 2.72. The van der Waals surface area contributed by atoms with E-state index in [4.69, 9.17) is 37.4 Å². The molecular weight excluding hydrogens is 537 g/mol. The number of aliphatic hydroxyl groups is 1. The normalized spacial score (nSPS) is 13.5. The highest BCUT2D eigenvalue weighted by Crippen LogP contribution is 2.38. The molecule has 2 rings (SSSR count). The minimum atomic E-state index is -0.881. The van der Waals surface area contributed by atoms with Crippen LogP contribution in [0.2, 0.25) is 10.0 Å². The fourth-order valence-corrected chi connectivity index (χ4v) is 4.61. The number of hydrogen-bond donors (Lipinski definition) is 2. The van der Waals surface area contributed by atoms with E-state index in [0.29, 0.717) is 33.5 Å². The topological polar surface area (TPSA) is 94.1 Å². The van der Waals surface area contributed by atoms with Crippen LogP contribution in [0.4, 0.5) is 9.59 Å². The van der Waals surface area contributed by atoms with Crippen molar-refractivity contribution in [2.24, 2.45) is 0 Å². The third kappa shape index (κ3) is 11.0. The summed E-state index contributed by atoms with van der Waals surface area (Å²) in [6.07, 6.45) is -0.442. The second-order valence-corrected chi connectivity index (χ2v) is 12.8. The van der Waals surface area contributed by atoms with Gasteiger partial charge in [-0.15, -0.1) is 0 Å². The molecule has 0 aromatic heterocycles. The summed E-state index contributed by atoms with van der Waals surface area (Å²) in [5, 5.41) is 13.7.